The van der Waals surface area contributed by atoms with E-state index in [0.717, 1.165) is 38.2 Å². The van der Waals surface area contributed by atoms with Crippen molar-refractivity contribution in [1.82, 2.24) is 0 Å². The number of nitrogens with one attached hydrogen (secondary N) is 1. The van der Waals surface area contributed by atoms with Crippen LogP contribution in [0.25, 0.3) is 10.8 Å². The number of aryl methyl sites for hydroxylation is 1. The van der Waals surface area contributed by atoms with Gasteiger partial charge in [0.25, 0.3) is 0 Å². The lowest BCUT2D eigenvalue weighted by Crippen LogP contribution is -1.99. The second kappa shape index (κ2) is 5.90. The van der Waals surface area contributed by atoms with Crippen LogP contribution in [0.15, 0.2) is 48.5 Å². The zero-order valence-electron chi connectivity index (χ0n) is 12.7. The molecule has 0 heterocycles. The first-order chi connectivity index (χ1) is 10.5. The SMILES string of the molecule is Cc1cc2ccc(NCc3ccc(Cl)cc3)cc2c(O)c1C. The van der Waals surface area contributed by atoms with E-state index in [9.17, 15) is 5.11 Å². The van der Waals surface area contributed by atoms with Gasteiger partial charge in [-0.2, -0.15) is 0 Å². The van der Waals surface area contributed by atoms with Gasteiger partial charge in [-0.25, -0.2) is 0 Å². The second-order valence-electron chi connectivity index (χ2n) is 5.58. The number of halogens is 1. The van der Waals surface area contributed by atoms with Crippen molar-refractivity contribution in [3.8, 4) is 5.75 Å². The fourth-order valence-corrected chi connectivity index (χ4v) is 2.66. The van der Waals surface area contributed by atoms with Crippen molar-refractivity contribution in [3.63, 3.8) is 0 Å². The Morgan fingerprint density at radius 3 is 2.45 bits per heavy atom. The Hall–Kier alpha value is -2.19. The van der Waals surface area contributed by atoms with Crippen LogP contribution < -0.4 is 5.32 Å². The molecule has 3 heteroatoms. The summed E-state index contributed by atoms with van der Waals surface area (Å²) in [5.41, 5.74) is 4.18. The number of phenols is 1. The van der Waals surface area contributed by atoms with Gasteiger partial charge in [-0.3, -0.25) is 0 Å². The maximum absolute atomic E-state index is 10.3. The Morgan fingerprint density at radius 1 is 1.00 bits per heavy atom. The molecule has 0 saturated heterocycles. The molecular weight excluding hydrogens is 294 g/mol. The molecule has 0 aromatic heterocycles. The van der Waals surface area contributed by atoms with E-state index in [1.54, 1.807) is 0 Å². The molecule has 0 aliphatic rings. The number of hydrogen-bond donors (Lipinski definition) is 2. The Balaban J connectivity index is 1.87. The number of anilines is 1. The van der Waals surface area contributed by atoms with Crippen molar-refractivity contribution >= 4 is 28.1 Å². The molecule has 0 saturated carbocycles. The third-order valence-electron chi connectivity index (χ3n) is 4.04. The highest BCUT2D eigenvalue weighted by molar-refractivity contribution is 6.30. The molecule has 0 fully saturated rings. The molecule has 0 spiro atoms. The normalized spacial score (nSPS) is 10.9. The van der Waals surface area contributed by atoms with Gasteiger partial charge in [-0.1, -0.05) is 35.9 Å². The fraction of sp³-hybridized carbons (Fsp3) is 0.158. The molecular formula is C19H18ClNO. The number of hydrogen-bond acceptors (Lipinski definition) is 2. The predicted octanol–water partition coefficient (Wildman–Crippen LogP) is 5.43. The van der Waals surface area contributed by atoms with Gasteiger partial charge in [0.15, 0.2) is 0 Å². The van der Waals surface area contributed by atoms with E-state index in [2.05, 4.69) is 11.4 Å². The lowest BCUT2D eigenvalue weighted by molar-refractivity contribution is 0.477. The third-order valence-corrected chi connectivity index (χ3v) is 4.29. The van der Waals surface area contributed by atoms with Crippen LogP contribution in [0.4, 0.5) is 5.69 Å². The van der Waals surface area contributed by atoms with Crippen molar-refractivity contribution in [1.29, 1.82) is 0 Å². The zero-order valence-corrected chi connectivity index (χ0v) is 13.4. The predicted molar refractivity (Wildman–Crippen MR) is 93.9 cm³/mol. The summed E-state index contributed by atoms with van der Waals surface area (Å²) in [5.74, 6) is 0.366. The first-order valence-corrected chi connectivity index (χ1v) is 7.63. The Labute approximate surface area is 135 Å². The Morgan fingerprint density at radius 2 is 1.73 bits per heavy atom. The average molecular weight is 312 g/mol. The third kappa shape index (κ3) is 2.88. The molecule has 3 aromatic carbocycles. The summed E-state index contributed by atoms with van der Waals surface area (Å²) in [4.78, 5) is 0. The van der Waals surface area contributed by atoms with Gasteiger partial charge in [-0.05, 0) is 60.2 Å². The van der Waals surface area contributed by atoms with Gasteiger partial charge in [0, 0.05) is 22.6 Å². The van der Waals surface area contributed by atoms with Gasteiger partial charge in [-0.15, -0.1) is 0 Å². The smallest absolute Gasteiger partial charge is 0.126 e. The quantitative estimate of drug-likeness (QED) is 0.676. The van der Waals surface area contributed by atoms with Gasteiger partial charge < -0.3 is 10.4 Å². The summed E-state index contributed by atoms with van der Waals surface area (Å²) >= 11 is 5.89. The summed E-state index contributed by atoms with van der Waals surface area (Å²) in [6, 6.07) is 15.9. The summed E-state index contributed by atoms with van der Waals surface area (Å²) < 4.78 is 0. The highest BCUT2D eigenvalue weighted by atomic mass is 35.5. The minimum absolute atomic E-state index is 0.366. The van der Waals surface area contributed by atoms with Crippen LogP contribution in [0.5, 0.6) is 5.75 Å². The van der Waals surface area contributed by atoms with Gasteiger partial charge in [0.1, 0.15) is 5.75 Å². The van der Waals surface area contributed by atoms with Crippen LogP contribution in [-0.2, 0) is 6.54 Å². The average Bonchev–Trinajstić information content (AvgIpc) is 2.52. The van der Waals surface area contributed by atoms with Crippen molar-refractivity contribution in [2.24, 2.45) is 0 Å². The van der Waals surface area contributed by atoms with E-state index < -0.39 is 0 Å². The maximum atomic E-state index is 10.3. The maximum Gasteiger partial charge on any atom is 0.126 e. The second-order valence-corrected chi connectivity index (χ2v) is 6.02. The van der Waals surface area contributed by atoms with Gasteiger partial charge in [0.2, 0.25) is 0 Å². The lowest BCUT2D eigenvalue weighted by atomic mass is 10.0. The van der Waals surface area contributed by atoms with Crippen LogP contribution in [-0.4, -0.2) is 5.11 Å². The molecule has 0 aliphatic heterocycles. The standard InChI is InChI=1S/C19H18ClNO/c1-12-9-15-5-8-17(10-18(15)19(22)13(12)2)21-11-14-3-6-16(20)7-4-14/h3-10,21-22H,11H2,1-2H3. The van der Waals surface area contributed by atoms with Crippen molar-refractivity contribution in [2.45, 2.75) is 20.4 Å². The summed E-state index contributed by atoms with van der Waals surface area (Å²) in [6.07, 6.45) is 0. The molecule has 22 heavy (non-hydrogen) atoms. The van der Waals surface area contributed by atoms with E-state index in [0.29, 0.717) is 12.3 Å². The Bertz CT molecular complexity index is 825. The number of benzene rings is 3. The number of phenolic OH excluding ortho intramolecular Hbond substituents is 1. The largest absolute Gasteiger partial charge is 0.507 e. The van der Waals surface area contributed by atoms with Gasteiger partial charge >= 0.3 is 0 Å². The number of rotatable bonds is 3. The number of aromatic hydroxyl groups is 1. The molecule has 0 unspecified atom stereocenters. The first-order valence-electron chi connectivity index (χ1n) is 7.26. The van der Waals surface area contributed by atoms with Crippen LogP contribution in [0.1, 0.15) is 16.7 Å². The molecule has 0 radical (unpaired) electrons. The van der Waals surface area contributed by atoms with Crippen LogP contribution in [0.3, 0.4) is 0 Å². The molecule has 112 valence electrons. The fourth-order valence-electron chi connectivity index (χ4n) is 2.53. The molecule has 0 atom stereocenters. The highest BCUT2D eigenvalue weighted by Crippen LogP contribution is 2.32. The minimum atomic E-state index is 0.366. The first kappa shape index (κ1) is 14.7. The van der Waals surface area contributed by atoms with Crippen LogP contribution in [0, 0.1) is 13.8 Å². The van der Waals surface area contributed by atoms with Crippen LogP contribution >= 0.6 is 11.6 Å². The molecule has 0 amide bonds. The van der Waals surface area contributed by atoms with Gasteiger partial charge in [0.05, 0.1) is 0 Å². The molecule has 2 N–H and O–H groups in total. The summed E-state index contributed by atoms with van der Waals surface area (Å²) in [7, 11) is 0. The summed E-state index contributed by atoms with van der Waals surface area (Å²) in [6.45, 7) is 4.67. The van der Waals surface area contributed by atoms with Crippen molar-refractivity contribution in [3.05, 3.63) is 70.2 Å². The Kier molecular flexibility index (Phi) is 3.95. The topological polar surface area (TPSA) is 32.3 Å². The molecule has 0 bridgehead atoms. The van der Waals surface area contributed by atoms with Crippen LogP contribution in [0.2, 0.25) is 5.02 Å². The molecule has 2 nitrogen and oxygen atoms in total. The zero-order chi connectivity index (χ0) is 15.7. The van der Waals surface area contributed by atoms with E-state index in [1.807, 2.05) is 56.3 Å². The molecule has 3 aromatic rings. The van der Waals surface area contributed by atoms with E-state index in [1.165, 1.54) is 0 Å². The number of fused-ring (bicyclic) bond motifs is 1. The minimum Gasteiger partial charge on any atom is -0.507 e. The van der Waals surface area contributed by atoms with Crippen molar-refractivity contribution < 1.29 is 5.11 Å². The van der Waals surface area contributed by atoms with E-state index in [4.69, 9.17) is 11.6 Å². The molecule has 3 rings (SSSR count). The highest BCUT2D eigenvalue weighted by Gasteiger charge is 2.07. The molecule has 0 aliphatic carbocycles. The lowest BCUT2D eigenvalue weighted by Gasteiger charge is -2.11. The van der Waals surface area contributed by atoms with E-state index in [-0.39, 0.29) is 0 Å². The van der Waals surface area contributed by atoms with Crippen molar-refractivity contribution in [2.75, 3.05) is 5.32 Å². The summed E-state index contributed by atoms with van der Waals surface area (Å²) in [5, 5.41) is 16.4. The van der Waals surface area contributed by atoms with E-state index >= 15 is 0 Å². The monoisotopic (exact) mass is 311 g/mol.